The summed E-state index contributed by atoms with van der Waals surface area (Å²) in [6, 6.07) is 6.60. The highest BCUT2D eigenvalue weighted by Crippen LogP contribution is 2.24. The van der Waals surface area contributed by atoms with Gasteiger partial charge in [0.05, 0.1) is 0 Å². The standard InChI is InChI=1S/C20H19NO5/c1-11-5-6-16-15(8-18(23)26-19(16)12(11)2)10-25-20(24)17-7-14(13(3)22)9-21(17)4/h5-9H,10H2,1-4H3. The molecule has 134 valence electrons. The second-order valence-corrected chi connectivity index (χ2v) is 6.33. The van der Waals surface area contributed by atoms with Gasteiger partial charge < -0.3 is 13.7 Å². The number of ether oxygens (including phenoxy) is 1. The monoisotopic (exact) mass is 353 g/mol. The van der Waals surface area contributed by atoms with E-state index in [-0.39, 0.29) is 18.1 Å². The predicted octanol–water partition coefficient (Wildman–Crippen LogP) is 3.31. The Labute approximate surface area is 150 Å². The summed E-state index contributed by atoms with van der Waals surface area (Å²) in [7, 11) is 1.67. The van der Waals surface area contributed by atoms with Crippen LogP contribution in [0.4, 0.5) is 0 Å². The molecular formula is C20H19NO5. The van der Waals surface area contributed by atoms with E-state index in [1.165, 1.54) is 19.1 Å². The van der Waals surface area contributed by atoms with Crippen LogP contribution in [0, 0.1) is 13.8 Å². The topological polar surface area (TPSA) is 78.5 Å². The molecule has 0 bridgehead atoms. The van der Waals surface area contributed by atoms with Gasteiger partial charge in [-0.2, -0.15) is 0 Å². The van der Waals surface area contributed by atoms with Gasteiger partial charge in [-0.1, -0.05) is 12.1 Å². The first-order valence-electron chi connectivity index (χ1n) is 8.15. The summed E-state index contributed by atoms with van der Waals surface area (Å²) >= 11 is 0. The highest BCUT2D eigenvalue weighted by atomic mass is 16.5. The van der Waals surface area contributed by atoms with Crippen molar-refractivity contribution in [1.82, 2.24) is 4.57 Å². The molecule has 0 atom stereocenters. The first kappa shape index (κ1) is 17.7. The highest BCUT2D eigenvalue weighted by Gasteiger charge is 2.17. The molecule has 0 spiro atoms. The van der Waals surface area contributed by atoms with Gasteiger partial charge in [0.25, 0.3) is 0 Å². The number of rotatable bonds is 4. The second kappa shape index (κ2) is 6.63. The molecular weight excluding hydrogens is 334 g/mol. The number of ketones is 1. The molecule has 0 aliphatic heterocycles. The van der Waals surface area contributed by atoms with Crippen molar-refractivity contribution in [3.05, 3.63) is 68.8 Å². The largest absolute Gasteiger partial charge is 0.456 e. The van der Waals surface area contributed by atoms with Gasteiger partial charge >= 0.3 is 11.6 Å². The molecule has 2 aromatic heterocycles. The lowest BCUT2D eigenvalue weighted by molar-refractivity contribution is 0.0462. The summed E-state index contributed by atoms with van der Waals surface area (Å²) in [5.41, 5.74) is 3.19. The number of benzene rings is 1. The molecule has 0 saturated carbocycles. The molecule has 0 fully saturated rings. The lowest BCUT2D eigenvalue weighted by atomic mass is 10.0. The molecule has 6 nitrogen and oxygen atoms in total. The van der Waals surface area contributed by atoms with Crippen LogP contribution in [0.15, 0.2) is 39.7 Å². The number of aromatic nitrogens is 1. The van der Waals surface area contributed by atoms with E-state index in [0.29, 0.717) is 16.7 Å². The van der Waals surface area contributed by atoms with Crippen LogP contribution >= 0.6 is 0 Å². The number of Topliss-reactive ketones (excluding diaryl/α,β-unsaturated/α-hetero) is 1. The summed E-state index contributed by atoms with van der Waals surface area (Å²) in [5.74, 6) is -0.692. The lowest BCUT2D eigenvalue weighted by Crippen LogP contribution is -2.11. The van der Waals surface area contributed by atoms with Crippen LogP contribution in [-0.2, 0) is 18.4 Å². The Hall–Kier alpha value is -3.15. The molecule has 0 aliphatic rings. The molecule has 0 unspecified atom stereocenters. The molecule has 2 heterocycles. The van der Waals surface area contributed by atoms with Gasteiger partial charge in [-0.15, -0.1) is 0 Å². The SMILES string of the molecule is CC(=O)c1cc(C(=O)OCc2cc(=O)oc3c(C)c(C)ccc23)n(C)c1. The molecule has 26 heavy (non-hydrogen) atoms. The van der Waals surface area contributed by atoms with Crippen LogP contribution in [0.1, 0.15) is 44.5 Å². The molecule has 0 saturated heterocycles. The minimum atomic E-state index is -0.565. The zero-order chi connectivity index (χ0) is 19.0. The minimum Gasteiger partial charge on any atom is -0.456 e. The number of hydrogen-bond acceptors (Lipinski definition) is 5. The summed E-state index contributed by atoms with van der Waals surface area (Å²) in [4.78, 5) is 35.7. The third kappa shape index (κ3) is 3.18. The van der Waals surface area contributed by atoms with Gasteiger partial charge in [-0.05, 0) is 38.0 Å². The molecule has 3 rings (SSSR count). The zero-order valence-electron chi connectivity index (χ0n) is 15.1. The van der Waals surface area contributed by atoms with Gasteiger partial charge in [0.1, 0.15) is 17.9 Å². The fourth-order valence-electron chi connectivity index (χ4n) is 2.82. The molecule has 0 aliphatic carbocycles. The highest BCUT2D eigenvalue weighted by molar-refractivity contribution is 5.97. The van der Waals surface area contributed by atoms with Crippen molar-refractivity contribution in [1.29, 1.82) is 0 Å². The Morgan fingerprint density at radius 3 is 2.58 bits per heavy atom. The fourth-order valence-corrected chi connectivity index (χ4v) is 2.82. The maximum absolute atomic E-state index is 12.4. The number of esters is 1. The summed E-state index contributed by atoms with van der Waals surface area (Å²) in [5, 5.41) is 0.733. The first-order chi connectivity index (χ1) is 12.3. The van der Waals surface area contributed by atoms with Gasteiger partial charge in [0.15, 0.2) is 5.78 Å². The summed E-state index contributed by atoms with van der Waals surface area (Å²) in [6.45, 7) is 5.18. The third-order valence-corrected chi connectivity index (χ3v) is 4.50. The molecule has 0 radical (unpaired) electrons. The van der Waals surface area contributed by atoms with Crippen LogP contribution in [0.3, 0.4) is 0 Å². The second-order valence-electron chi connectivity index (χ2n) is 6.33. The summed E-state index contributed by atoms with van der Waals surface area (Å²) in [6.07, 6.45) is 1.58. The normalized spacial score (nSPS) is 10.9. The van der Waals surface area contributed by atoms with Gasteiger partial charge in [-0.3, -0.25) is 4.79 Å². The Morgan fingerprint density at radius 2 is 1.92 bits per heavy atom. The molecule has 1 aromatic carbocycles. The van der Waals surface area contributed by atoms with Crippen LogP contribution in [0.2, 0.25) is 0 Å². The Kier molecular flexibility index (Phi) is 4.50. The predicted molar refractivity (Wildman–Crippen MR) is 96.5 cm³/mol. The fraction of sp³-hybridized carbons (Fsp3) is 0.250. The third-order valence-electron chi connectivity index (χ3n) is 4.50. The quantitative estimate of drug-likeness (QED) is 0.408. The molecule has 0 N–H and O–H groups in total. The maximum Gasteiger partial charge on any atom is 0.355 e. The number of nitrogens with zero attached hydrogens (tertiary/aromatic N) is 1. The van der Waals surface area contributed by atoms with E-state index in [0.717, 1.165) is 16.5 Å². The van der Waals surface area contributed by atoms with E-state index >= 15 is 0 Å². The maximum atomic E-state index is 12.4. The van der Waals surface area contributed by atoms with Crippen molar-refractivity contribution >= 4 is 22.7 Å². The van der Waals surface area contributed by atoms with E-state index in [4.69, 9.17) is 9.15 Å². The number of hydrogen-bond donors (Lipinski definition) is 0. The molecule has 3 aromatic rings. The minimum absolute atomic E-state index is 0.0655. The van der Waals surface area contributed by atoms with Crippen LogP contribution in [0.5, 0.6) is 0 Å². The molecule has 0 amide bonds. The molecule has 6 heteroatoms. The smallest absolute Gasteiger partial charge is 0.355 e. The van der Waals surface area contributed by atoms with Gasteiger partial charge in [-0.25, -0.2) is 9.59 Å². The number of aryl methyl sites for hydroxylation is 3. The van der Waals surface area contributed by atoms with Crippen molar-refractivity contribution in [2.24, 2.45) is 7.05 Å². The average molecular weight is 353 g/mol. The van der Waals surface area contributed by atoms with Crippen LogP contribution in [-0.4, -0.2) is 16.3 Å². The van der Waals surface area contributed by atoms with Gasteiger partial charge in [0.2, 0.25) is 0 Å². The number of fused-ring (bicyclic) bond motifs is 1. The first-order valence-corrected chi connectivity index (χ1v) is 8.15. The summed E-state index contributed by atoms with van der Waals surface area (Å²) < 4.78 is 12.2. The number of carbonyl (C=O) groups is 2. The zero-order valence-corrected chi connectivity index (χ0v) is 15.1. The van der Waals surface area contributed by atoms with Crippen molar-refractivity contribution in [3.63, 3.8) is 0 Å². The van der Waals surface area contributed by atoms with Gasteiger partial charge in [0, 0.05) is 35.8 Å². The van der Waals surface area contributed by atoms with E-state index in [1.807, 2.05) is 26.0 Å². The van der Waals surface area contributed by atoms with E-state index in [2.05, 4.69) is 0 Å². The average Bonchev–Trinajstić information content (AvgIpc) is 2.98. The number of carbonyl (C=O) groups excluding carboxylic acids is 2. The van der Waals surface area contributed by atoms with Crippen molar-refractivity contribution < 1.29 is 18.7 Å². The van der Waals surface area contributed by atoms with Crippen molar-refractivity contribution in [3.8, 4) is 0 Å². The Bertz CT molecular complexity index is 1090. The van der Waals surface area contributed by atoms with Crippen LogP contribution < -0.4 is 5.63 Å². The van der Waals surface area contributed by atoms with E-state index in [9.17, 15) is 14.4 Å². The lowest BCUT2D eigenvalue weighted by Gasteiger charge is -2.10. The Balaban J connectivity index is 1.90. The van der Waals surface area contributed by atoms with Crippen molar-refractivity contribution in [2.45, 2.75) is 27.4 Å². The van der Waals surface area contributed by atoms with E-state index in [1.54, 1.807) is 17.8 Å². The Morgan fingerprint density at radius 1 is 1.19 bits per heavy atom. The van der Waals surface area contributed by atoms with Crippen molar-refractivity contribution in [2.75, 3.05) is 0 Å². The van der Waals surface area contributed by atoms with Crippen LogP contribution in [0.25, 0.3) is 11.0 Å². The van der Waals surface area contributed by atoms with E-state index < -0.39 is 11.6 Å².